The van der Waals surface area contributed by atoms with Crippen molar-refractivity contribution in [2.24, 2.45) is 0 Å². The Morgan fingerprint density at radius 3 is 2.71 bits per heavy atom. The Balaban J connectivity index is 1.91. The molecule has 0 radical (unpaired) electrons. The van der Waals surface area contributed by atoms with Gasteiger partial charge < -0.3 is 9.73 Å². The van der Waals surface area contributed by atoms with Crippen LogP contribution in [-0.2, 0) is 13.0 Å². The number of hydrogen-bond acceptors (Lipinski definition) is 2. The van der Waals surface area contributed by atoms with E-state index < -0.39 is 0 Å². The first-order valence-corrected chi connectivity index (χ1v) is 7.18. The molecule has 0 unspecified atom stereocenters. The lowest BCUT2D eigenvalue weighted by molar-refractivity contribution is 0.551. The number of rotatable bonds is 4. The summed E-state index contributed by atoms with van der Waals surface area (Å²) in [5.41, 5.74) is 3.95. The third-order valence-corrected chi connectivity index (χ3v) is 3.75. The lowest BCUT2D eigenvalue weighted by Gasteiger charge is -2.09. The summed E-state index contributed by atoms with van der Waals surface area (Å²) in [6.45, 7) is 4.66. The number of benzene rings is 2. The van der Waals surface area contributed by atoms with E-state index in [2.05, 4.69) is 18.3 Å². The summed E-state index contributed by atoms with van der Waals surface area (Å²) in [4.78, 5) is 0. The van der Waals surface area contributed by atoms with Crippen molar-refractivity contribution in [2.45, 2.75) is 26.8 Å². The SMILES string of the molecule is CCc1oc2ccccc2c1CNc1ccc(F)cc1C. The standard InChI is InChI=1S/C18H18FNO/c1-3-17-15(14-6-4-5-7-18(14)21-17)11-20-16-9-8-13(19)10-12(16)2/h4-10,20H,3,11H2,1-2H3. The molecule has 0 saturated heterocycles. The van der Waals surface area contributed by atoms with Crippen molar-refractivity contribution >= 4 is 16.7 Å². The summed E-state index contributed by atoms with van der Waals surface area (Å²) in [7, 11) is 0. The van der Waals surface area contributed by atoms with Gasteiger partial charge in [0.1, 0.15) is 17.2 Å². The minimum Gasteiger partial charge on any atom is -0.461 e. The van der Waals surface area contributed by atoms with Gasteiger partial charge in [-0.05, 0) is 36.8 Å². The lowest BCUT2D eigenvalue weighted by atomic mass is 10.1. The third kappa shape index (κ3) is 2.64. The Kier molecular flexibility index (Phi) is 3.65. The molecular formula is C18H18FNO. The predicted octanol–water partition coefficient (Wildman–Crippen LogP) is 5.05. The highest BCUT2D eigenvalue weighted by Crippen LogP contribution is 2.27. The zero-order valence-electron chi connectivity index (χ0n) is 12.2. The first-order chi connectivity index (χ1) is 10.2. The fourth-order valence-electron chi connectivity index (χ4n) is 2.64. The number of halogens is 1. The minimum absolute atomic E-state index is 0.207. The highest BCUT2D eigenvalue weighted by molar-refractivity contribution is 5.82. The van der Waals surface area contributed by atoms with Crippen LogP contribution in [-0.4, -0.2) is 0 Å². The zero-order valence-corrected chi connectivity index (χ0v) is 12.2. The van der Waals surface area contributed by atoms with E-state index in [-0.39, 0.29) is 5.82 Å². The number of anilines is 1. The topological polar surface area (TPSA) is 25.2 Å². The van der Waals surface area contributed by atoms with Gasteiger partial charge in [-0.25, -0.2) is 4.39 Å². The second-order valence-corrected chi connectivity index (χ2v) is 5.17. The number of para-hydroxylation sites is 1. The van der Waals surface area contributed by atoms with Crippen LogP contribution in [0.25, 0.3) is 11.0 Å². The highest BCUT2D eigenvalue weighted by atomic mass is 19.1. The maximum absolute atomic E-state index is 13.1. The van der Waals surface area contributed by atoms with E-state index in [4.69, 9.17) is 4.42 Å². The van der Waals surface area contributed by atoms with Gasteiger partial charge in [0.25, 0.3) is 0 Å². The van der Waals surface area contributed by atoms with Crippen molar-refractivity contribution in [1.29, 1.82) is 0 Å². The van der Waals surface area contributed by atoms with Gasteiger partial charge in [-0.2, -0.15) is 0 Å². The van der Waals surface area contributed by atoms with E-state index in [1.807, 2.05) is 25.1 Å². The third-order valence-electron chi connectivity index (χ3n) is 3.75. The Labute approximate surface area is 123 Å². The minimum atomic E-state index is -0.207. The molecule has 21 heavy (non-hydrogen) atoms. The molecule has 0 bridgehead atoms. The molecule has 0 aliphatic carbocycles. The van der Waals surface area contributed by atoms with Crippen LogP contribution in [0.5, 0.6) is 0 Å². The van der Waals surface area contributed by atoms with Crippen molar-refractivity contribution in [2.75, 3.05) is 5.32 Å². The second-order valence-electron chi connectivity index (χ2n) is 5.17. The molecule has 0 aliphatic heterocycles. The highest BCUT2D eigenvalue weighted by Gasteiger charge is 2.12. The van der Waals surface area contributed by atoms with Gasteiger partial charge in [0.15, 0.2) is 0 Å². The maximum atomic E-state index is 13.1. The number of furan rings is 1. The summed E-state index contributed by atoms with van der Waals surface area (Å²) in [5, 5.41) is 4.52. The molecular weight excluding hydrogens is 265 g/mol. The van der Waals surface area contributed by atoms with Gasteiger partial charge >= 0.3 is 0 Å². The van der Waals surface area contributed by atoms with Crippen LogP contribution < -0.4 is 5.32 Å². The molecule has 0 saturated carbocycles. The molecule has 2 aromatic carbocycles. The second kappa shape index (κ2) is 5.60. The Hall–Kier alpha value is -2.29. The number of nitrogens with one attached hydrogen (secondary N) is 1. The van der Waals surface area contributed by atoms with Gasteiger partial charge in [-0.15, -0.1) is 0 Å². The average molecular weight is 283 g/mol. The lowest BCUT2D eigenvalue weighted by Crippen LogP contribution is -2.02. The van der Waals surface area contributed by atoms with Gasteiger partial charge in [0.2, 0.25) is 0 Å². The molecule has 108 valence electrons. The van der Waals surface area contributed by atoms with E-state index in [1.165, 1.54) is 17.7 Å². The molecule has 1 heterocycles. The Morgan fingerprint density at radius 2 is 1.95 bits per heavy atom. The molecule has 0 atom stereocenters. The molecule has 0 amide bonds. The van der Waals surface area contributed by atoms with Crippen LogP contribution in [0.1, 0.15) is 23.8 Å². The molecule has 0 fully saturated rings. The normalized spacial score (nSPS) is 11.0. The van der Waals surface area contributed by atoms with Gasteiger partial charge in [0.05, 0.1) is 0 Å². The molecule has 3 heteroatoms. The monoisotopic (exact) mass is 283 g/mol. The van der Waals surface area contributed by atoms with Crippen molar-refractivity contribution < 1.29 is 8.81 Å². The van der Waals surface area contributed by atoms with E-state index >= 15 is 0 Å². The van der Waals surface area contributed by atoms with Crippen molar-refractivity contribution in [3.05, 3.63) is 65.2 Å². The number of fused-ring (bicyclic) bond motifs is 1. The fourth-order valence-corrected chi connectivity index (χ4v) is 2.64. The molecule has 0 aliphatic rings. The van der Waals surface area contributed by atoms with Crippen LogP contribution >= 0.6 is 0 Å². The fraction of sp³-hybridized carbons (Fsp3) is 0.222. The molecule has 1 N–H and O–H groups in total. The van der Waals surface area contributed by atoms with Gasteiger partial charge in [0, 0.05) is 29.6 Å². The molecule has 2 nitrogen and oxygen atoms in total. The average Bonchev–Trinajstić information content (AvgIpc) is 2.84. The summed E-state index contributed by atoms with van der Waals surface area (Å²) in [6.07, 6.45) is 0.855. The summed E-state index contributed by atoms with van der Waals surface area (Å²) in [5.74, 6) is 0.796. The first kappa shape index (κ1) is 13.7. The summed E-state index contributed by atoms with van der Waals surface area (Å²) < 4.78 is 19.0. The maximum Gasteiger partial charge on any atom is 0.134 e. The molecule has 1 aromatic heterocycles. The van der Waals surface area contributed by atoms with Crippen LogP contribution in [0.4, 0.5) is 10.1 Å². The van der Waals surface area contributed by atoms with Crippen molar-refractivity contribution in [3.63, 3.8) is 0 Å². The predicted molar refractivity (Wildman–Crippen MR) is 84.1 cm³/mol. The van der Waals surface area contributed by atoms with E-state index in [0.717, 1.165) is 34.4 Å². The Morgan fingerprint density at radius 1 is 1.14 bits per heavy atom. The summed E-state index contributed by atoms with van der Waals surface area (Å²) >= 11 is 0. The number of aryl methyl sites for hydroxylation is 2. The van der Waals surface area contributed by atoms with Gasteiger partial charge in [-0.3, -0.25) is 0 Å². The van der Waals surface area contributed by atoms with Crippen LogP contribution in [0.3, 0.4) is 0 Å². The van der Waals surface area contributed by atoms with Crippen LogP contribution in [0.2, 0.25) is 0 Å². The van der Waals surface area contributed by atoms with E-state index in [0.29, 0.717) is 6.54 Å². The van der Waals surface area contributed by atoms with Crippen molar-refractivity contribution in [3.8, 4) is 0 Å². The van der Waals surface area contributed by atoms with Crippen LogP contribution in [0.15, 0.2) is 46.9 Å². The number of hydrogen-bond donors (Lipinski definition) is 1. The quantitative estimate of drug-likeness (QED) is 0.724. The van der Waals surface area contributed by atoms with E-state index in [1.54, 1.807) is 6.07 Å². The van der Waals surface area contributed by atoms with Gasteiger partial charge in [-0.1, -0.05) is 25.1 Å². The molecule has 3 aromatic rings. The first-order valence-electron chi connectivity index (χ1n) is 7.18. The zero-order chi connectivity index (χ0) is 14.8. The Bertz CT molecular complexity index is 776. The van der Waals surface area contributed by atoms with Crippen LogP contribution in [0, 0.1) is 12.7 Å². The smallest absolute Gasteiger partial charge is 0.134 e. The largest absolute Gasteiger partial charge is 0.461 e. The summed E-state index contributed by atoms with van der Waals surface area (Å²) in [6, 6.07) is 12.9. The molecule has 0 spiro atoms. The van der Waals surface area contributed by atoms with Crippen molar-refractivity contribution in [1.82, 2.24) is 0 Å². The van der Waals surface area contributed by atoms with E-state index in [9.17, 15) is 4.39 Å². The molecule has 3 rings (SSSR count).